The van der Waals surface area contributed by atoms with Crippen molar-refractivity contribution in [2.75, 3.05) is 26.2 Å². The van der Waals surface area contributed by atoms with E-state index in [1.165, 1.54) is 45.2 Å². The van der Waals surface area contributed by atoms with Crippen LogP contribution in [0.15, 0.2) is 0 Å². The summed E-state index contributed by atoms with van der Waals surface area (Å²) in [6, 6.07) is 1.57. The lowest BCUT2D eigenvalue weighted by molar-refractivity contribution is -0.127. The summed E-state index contributed by atoms with van der Waals surface area (Å²) in [6.07, 6.45) is 11.2. The summed E-state index contributed by atoms with van der Waals surface area (Å²) >= 11 is 0. The third-order valence-electron chi connectivity index (χ3n) is 9.91. The molecule has 3 aliphatic heterocycles. The minimum absolute atomic E-state index is 0.0455. The highest BCUT2D eigenvalue weighted by Crippen LogP contribution is 2.39. The molecule has 0 spiro atoms. The number of nitrogens with one attached hydrogen (secondary N) is 6. The predicted octanol–water partition coefficient (Wildman–Crippen LogP) is 1.50. The van der Waals surface area contributed by atoms with E-state index in [9.17, 15) is 4.79 Å². The fraction of sp³-hybridized carbons (Fsp3) is 0.963. The molecule has 3 heterocycles. The van der Waals surface area contributed by atoms with Gasteiger partial charge in [0, 0.05) is 30.7 Å². The zero-order chi connectivity index (χ0) is 24.4. The number of likely N-dealkylation sites (N-methyl/N-ethyl adjacent to an activating group) is 1. The van der Waals surface area contributed by atoms with Crippen molar-refractivity contribution in [3.63, 3.8) is 0 Å². The first-order valence-corrected chi connectivity index (χ1v) is 14.8. The Balaban J connectivity index is 1.14. The predicted molar refractivity (Wildman–Crippen MR) is 140 cm³/mol. The van der Waals surface area contributed by atoms with E-state index < -0.39 is 0 Å². The van der Waals surface area contributed by atoms with Crippen molar-refractivity contribution >= 4 is 5.91 Å². The quantitative estimate of drug-likeness (QED) is 0.337. The molecule has 6 N–H and O–H groups in total. The monoisotopic (exact) mass is 489 g/mol. The van der Waals surface area contributed by atoms with Gasteiger partial charge in [-0.1, -0.05) is 26.7 Å². The van der Waals surface area contributed by atoms with Crippen LogP contribution in [0.4, 0.5) is 0 Å². The molecular weight excluding hydrogens is 438 g/mol. The van der Waals surface area contributed by atoms with Gasteiger partial charge in [0.2, 0.25) is 5.91 Å². The molecule has 10 atom stereocenters. The number of hydrogen-bond acceptors (Lipinski definition) is 7. The van der Waals surface area contributed by atoms with Crippen molar-refractivity contribution < 1.29 is 4.79 Å². The first-order chi connectivity index (χ1) is 17.0. The summed E-state index contributed by atoms with van der Waals surface area (Å²) < 4.78 is 0. The Morgan fingerprint density at radius 2 is 1.86 bits per heavy atom. The third kappa shape index (κ3) is 6.04. The first kappa shape index (κ1) is 25.9. The van der Waals surface area contributed by atoms with Crippen molar-refractivity contribution in [3.05, 3.63) is 0 Å². The van der Waals surface area contributed by atoms with E-state index >= 15 is 0 Å². The van der Waals surface area contributed by atoms with Crippen LogP contribution in [-0.2, 0) is 4.79 Å². The van der Waals surface area contributed by atoms with Gasteiger partial charge in [0.05, 0.1) is 0 Å². The smallest absolute Gasteiger partial charge is 0.239 e. The van der Waals surface area contributed by atoms with Crippen molar-refractivity contribution in [2.24, 2.45) is 23.7 Å². The standard InChI is InChI=1S/C27H51N7O/c1-4-34-25(13-18(3)33-34)26(35)30-20-10-9-17(2)24(14-20)32-27-29-12-11-23(31-27)22-16-28-15-19-7-5-6-8-21(19)22/h17-25,27-29,31-33H,4-16H2,1-3H3,(H,30,35). The molecule has 5 fully saturated rings. The number of nitrogens with zero attached hydrogens (tertiary/aromatic N) is 1. The molecule has 0 aromatic carbocycles. The van der Waals surface area contributed by atoms with Crippen LogP contribution in [0.5, 0.6) is 0 Å². The first-order valence-electron chi connectivity index (χ1n) is 14.8. The average Bonchev–Trinajstić information content (AvgIpc) is 3.27. The number of carbonyl (C=O) groups excluding carboxylic acids is 1. The van der Waals surface area contributed by atoms with Crippen LogP contribution in [0.2, 0.25) is 0 Å². The summed E-state index contributed by atoms with van der Waals surface area (Å²) in [7, 11) is 0. The number of piperidine rings is 1. The van der Waals surface area contributed by atoms with Crippen LogP contribution in [-0.4, -0.2) is 73.6 Å². The minimum atomic E-state index is -0.0455. The number of rotatable bonds is 6. The SMILES string of the molecule is CCN1NC(C)CC1C(=O)NC1CCC(C)C(NC2NCCC(C3CNCC4CCCCC43)N2)C1. The van der Waals surface area contributed by atoms with Crippen LogP contribution >= 0.6 is 0 Å². The van der Waals surface area contributed by atoms with E-state index in [0.29, 0.717) is 24.0 Å². The van der Waals surface area contributed by atoms with Gasteiger partial charge in [-0.3, -0.25) is 26.2 Å². The topological polar surface area (TPSA) is 92.5 Å². The molecule has 1 amide bonds. The molecule has 8 heteroatoms. The molecule has 0 radical (unpaired) electrons. The summed E-state index contributed by atoms with van der Waals surface area (Å²) in [5.41, 5.74) is 3.43. The second-order valence-electron chi connectivity index (χ2n) is 12.3. The van der Waals surface area contributed by atoms with Gasteiger partial charge in [0.25, 0.3) is 0 Å². The second kappa shape index (κ2) is 11.7. The van der Waals surface area contributed by atoms with E-state index in [1.54, 1.807) is 0 Å². The van der Waals surface area contributed by atoms with Gasteiger partial charge >= 0.3 is 0 Å². The van der Waals surface area contributed by atoms with E-state index in [-0.39, 0.29) is 24.3 Å². The molecule has 0 aromatic heterocycles. The van der Waals surface area contributed by atoms with E-state index in [0.717, 1.165) is 56.5 Å². The Morgan fingerprint density at radius 3 is 2.71 bits per heavy atom. The molecule has 5 aliphatic rings. The van der Waals surface area contributed by atoms with Crippen molar-refractivity contribution in [3.8, 4) is 0 Å². The Labute approximate surface area is 212 Å². The zero-order valence-corrected chi connectivity index (χ0v) is 22.3. The number of hydrazine groups is 1. The van der Waals surface area contributed by atoms with E-state index in [2.05, 4.69) is 57.8 Å². The molecule has 2 saturated carbocycles. The number of fused-ring (bicyclic) bond motifs is 1. The lowest BCUT2D eigenvalue weighted by Crippen LogP contribution is -2.67. The fourth-order valence-electron chi connectivity index (χ4n) is 7.91. The normalized spacial score (nSPS) is 45.1. The second-order valence-corrected chi connectivity index (χ2v) is 12.3. The van der Waals surface area contributed by atoms with Gasteiger partial charge < -0.3 is 10.6 Å². The molecule has 0 bridgehead atoms. The van der Waals surface area contributed by atoms with Crippen molar-refractivity contribution in [2.45, 2.75) is 115 Å². The third-order valence-corrected chi connectivity index (χ3v) is 9.91. The highest BCUT2D eigenvalue weighted by atomic mass is 16.2. The van der Waals surface area contributed by atoms with E-state index in [1.807, 2.05) is 0 Å². The summed E-state index contributed by atoms with van der Waals surface area (Å²) in [4.78, 5) is 13.1. The Bertz CT molecular complexity index is 705. The van der Waals surface area contributed by atoms with Crippen LogP contribution in [0, 0.1) is 23.7 Å². The number of carbonyl (C=O) groups is 1. The van der Waals surface area contributed by atoms with Gasteiger partial charge in [-0.25, -0.2) is 5.01 Å². The maximum absolute atomic E-state index is 13.1. The van der Waals surface area contributed by atoms with Gasteiger partial charge in [-0.2, -0.15) is 0 Å². The Kier molecular flexibility index (Phi) is 8.67. The molecule has 5 rings (SSSR count). The lowest BCUT2D eigenvalue weighted by Gasteiger charge is -2.48. The van der Waals surface area contributed by atoms with E-state index in [4.69, 9.17) is 0 Å². The van der Waals surface area contributed by atoms with Crippen molar-refractivity contribution in [1.82, 2.24) is 37.0 Å². The maximum atomic E-state index is 13.1. The maximum Gasteiger partial charge on any atom is 0.239 e. The van der Waals surface area contributed by atoms with Crippen LogP contribution in [0.1, 0.15) is 78.6 Å². The van der Waals surface area contributed by atoms with Gasteiger partial charge in [-0.15, -0.1) is 0 Å². The van der Waals surface area contributed by atoms with Crippen LogP contribution in [0.3, 0.4) is 0 Å². The summed E-state index contributed by atoms with van der Waals surface area (Å²) in [6.45, 7) is 11.0. The molecule has 8 nitrogen and oxygen atoms in total. The Hall–Kier alpha value is -0.770. The minimum Gasteiger partial charge on any atom is -0.352 e. The highest BCUT2D eigenvalue weighted by Gasteiger charge is 2.41. The van der Waals surface area contributed by atoms with Crippen molar-refractivity contribution in [1.29, 1.82) is 0 Å². The number of amides is 1. The molecule has 35 heavy (non-hydrogen) atoms. The van der Waals surface area contributed by atoms with Gasteiger partial charge in [0.15, 0.2) is 0 Å². The summed E-state index contributed by atoms with van der Waals surface area (Å²) in [5.74, 6) is 3.34. The highest BCUT2D eigenvalue weighted by molar-refractivity contribution is 5.82. The number of hydrogen-bond donors (Lipinski definition) is 6. The van der Waals surface area contributed by atoms with Crippen LogP contribution < -0.4 is 32.0 Å². The molecule has 200 valence electrons. The molecule has 3 saturated heterocycles. The summed E-state index contributed by atoms with van der Waals surface area (Å²) in [5, 5.41) is 20.9. The zero-order valence-electron chi connectivity index (χ0n) is 22.3. The molecular formula is C27H51N7O. The molecule has 10 unspecified atom stereocenters. The average molecular weight is 490 g/mol. The van der Waals surface area contributed by atoms with Gasteiger partial charge in [-0.05, 0) is 95.2 Å². The Morgan fingerprint density at radius 1 is 1.00 bits per heavy atom. The lowest BCUT2D eigenvalue weighted by atomic mass is 9.67. The molecule has 0 aromatic rings. The molecule has 2 aliphatic carbocycles. The fourth-order valence-corrected chi connectivity index (χ4v) is 7.91. The van der Waals surface area contributed by atoms with Crippen LogP contribution in [0.25, 0.3) is 0 Å². The largest absolute Gasteiger partial charge is 0.352 e. The van der Waals surface area contributed by atoms with Gasteiger partial charge in [0.1, 0.15) is 12.3 Å².